The van der Waals surface area contributed by atoms with Crippen LogP contribution in [0.3, 0.4) is 0 Å². The van der Waals surface area contributed by atoms with Crippen molar-refractivity contribution in [3.63, 3.8) is 0 Å². The van der Waals surface area contributed by atoms with Crippen molar-refractivity contribution in [2.75, 3.05) is 39.3 Å². The van der Waals surface area contributed by atoms with Crippen LogP contribution in [0, 0.1) is 5.92 Å². The molecule has 2 aliphatic heterocycles. The van der Waals surface area contributed by atoms with E-state index in [0.29, 0.717) is 13.1 Å². The zero-order valence-electron chi connectivity index (χ0n) is 18.3. The SMILES string of the molecule is O=C(/C=C\c1ccccc1)N1CCC(C(=O)N2CCN(Cc3ccc(Cl)cc3)CC2)CC1. The van der Waals surface area contributed by atoms with E-state index in [1.807, 2.05) is 58.3 Å². The van der Waals surface area contributed by atoms with Crippen molar-refractivity contribution in [2.45, 2.75) is 19.4 Å². The molecule has 2 aromatic rings. The summed E-state index contributed by atoms with van der Waals surface area (Å²) in [5, 5.41) is 0.754. The maximum atomic E-state index is 13.0. The van der Waals surface area contributed by atoms with Crippen LogP contribution in [0.4, 0.5) is 0 Å². The van der Waals surface area contributed by atoms with Crippen LogP contribution in [0.1, 0.15) is 24.0 Å². The summed E-state index contributed by atoms with van der Waals surface area (Å²) >= 11 is 5.97. The zero-order valence-corrected chi connectivity index (χ0v) is 19.1. The Kier molecular flexibility index (Phi) is 7.61. The van der Waals surface area contributed by atoms with Crippen molar-refractivity contribution in [1.29, 1.82) is 0 Å². The Morgan fingerprint density at radius 3 is 2.16 bits per heavy atom. The van der Waals surface area contributed by atoms with Crippen LogP contribution in [0.2, 0.25) is 5.02 Å². The Morgan fingerprint density at radius 1 is 0.844 bits per heavy atom. The van der Waals surface area contributed by atoms with Gasteiger partial charge in [0.05, 0.1) is 0 Å². The van der Waals surface area contributed by atoms with Crippen molar-refractivity contribution in [2.24, 2.45) is 5.92 Å². The lowest BCUT2D eigenvalue weighted by Gasteiger charge is -2.38. The maximum Gasteiger partial charge on any atom is 0.246 e. The quantitative estimate of drug-likeness (QED) is 0.647. The average molecular weight is 452 g/mol. The molecule has 4 rings (SSSR count). The maximum absolute atomic E-state index is 13.0. The van der Waals surface area contributed by atoms with Crippen LogP contribution < -0.4 is 0 Å². The van der Waals surface area contributed by atoms with Crippen LogP contribution in [0.15, 0.2) is 60.7 Å². The molecule has 2 aromatic carbocycles. The highest BCUT2D eigenvalue weighted by atomic mass is 35.5. The predicted octanol–water partition coefficient (Wildman–Crippen LogP) is 3.94. The Balaban J connectivity index is 1.20. The summed E-state index contributed by atoms with van der Waals surface area (Å²) in [6.07, 6.45) is 4.98. The molecule has 0 unspecified atom stereocenters. The zero-order chi connectivity index (χ0) is 22.3. The van der Waals surface area contributed by atoms with Gasteiger partial charge >= 0.3 is 0 Å². The van der Waals surface area contributed by atoms with Gasteiger partial charge in [-0.2, -0.15) is 0 Å². The van der Waals surface area contributed by atoms with Gasteiger partial charge in [-0.15, -0.1) is 0 Å². The normalized spacial score (nSPS) is 18.3. The van der Waals surface area contributed by atoms with Gasteiger partial charge in [0.2, 0.25) is 11.8 Å². The van der Waals surface area contributed by atoms with E-state index in [4.69, 9.17) is 11.6 Å². The molecule has 2 saturated heterocycles. The third kappa shape index (κ3) is 5.99. The highest BCUT2D eigenvalue weighted by molar-refractivity contribution is 6.30. The monoisotopic (exact) mass is 451 g/mol. The molecule has 0 saturated carbocycles. The largest absolute Gasteiger partial charge is 0.340 e. The fraction of sp³-hybridized carbons (Fsp3) is 0.385. The van der Waals surface area contributed by atoms with E-state index in [0.717, 1.165) is 56.2 Å². The summed E-state index contributed by atoms with van der Waals surface area (Å²) in [5.41, 5.74) is 2.26. The lowest BCUT2D eigenvalue weighted by molar-refractivity contribution is -0.141. The molecule has 2 heterocycles. The van der Waals surface area contributed by atoms with Crippen molar-refractivity contribution in [3.8, 4) is 0 Å². The van der Waals surface area contributed by atoms with E-state index < -0.39 is 0 Å². The van der Waals surface area contributed by atoms with E-state index in [-0.39, 0.29) is 17.7 Å². The molecule has 6 heteroatoms. The number of benzene rings is 2. The first kappa shape index (κ1) is 22.6. The van der Waals surface area contributed by atoms with Gasteiger partial charge in [0.1, 0.15) is 0 Å². The van der Waals surface area contributed by atoms with Crippen molar-refractivity contribution in [3.05, 3.63) is 76.8 Å². The van der Waals surface area contributed by atoms with Crippen LogP contribution in [-0.4, -0.2) is 65.8 Å². The van der Waals surface area contributed by atoms with Crippen molar-refractivity contribution in [1.82, 2.24) is 14.7 Å². The highest BCUT2D eigenvalue weighted by Gasteiger charge is 2.31. The minimum Gasteiger partial charge on any atom is -0.340 e. The highest BCUT2D eigenvalue weighted by Crippen LogP contribution is 2.21. The van der Waals surface area contributed by atoms with Gasteiger partial charge in [-0.3, -0.25) is 14.5 Å². The van der Waals surface area contributed by atoms with Crippen LogP contribution in [-0.2, 0) is 16.1 Å². The van der Waals surface area contributed by atoms with Gasteiger partial charge in [0, 0.05) is 62.8 Å². The van der Waals surface area contributed by atoms with E-state index in [2.05, 4.69) is 17.0 Å². The molecule has 0 aromatic heterocycles. The summed E-state index contributed by atoms with van der Waals surface area (Å²) in [4.78, 5) is 31.7. The molecule has 0 bridgehead atoms. The molecule has 2 amide bonds. The van der Waals surface area contributed by atoms with Gasteiger partial charge in [0.15, 0.2) is 0 Å². The minimum absolute atomic E-state index is 0.0237. The smallest absolute Gasteiger partial charge is 0.246 e. The fourth-order valence-electron chi connectivity index (χ4n) is 4.42. The second-order valence-electron chi connectivity index (χ2n) is 8.57. The number of hydrogen-bond acceptors (Lipinski definition) is 3. The van der Waals surface area contributed by atoms with Crippen molar-refractivity contribution < 1.29 is 9.59 Å². The number of halogens is 1. The predicted molar refractivity (Wildman–Crippen MR) is 128 cm³/mol. The molecule has 2 fully saturated rings. The summed E-state index contributed by atoms with van der Waals surface area (Å²) in [6, 6.07) is 17.8. The molecule has 0 radical (unpaired) electrons. The number of hydrogen-bond donors (Lipinski definition) is 0. The summed E-state index contributed by atoms with van der Waals surface area (Å²) in [5.74, 6) is 0.304. The first-order valence-electron chi connectivity index (χ1n) is 11.4. The Labute approximate surface area is 195 Å². The van der Waals surface area contributed by atoms with Gasteiger partial charge in [0.25, 0.3) is 0 Å². The number of likely N-dealkylation sites (tertiary alicyclic amines) is 1. The van der Waals surface area contributed by atoms with Gasteiger partial charge in [-0.05, 0) is 42.2 Å². The molecule has 0 N–H and O–H groups in total. The number of piperazine rings is 1. The second kappa shape index (κ2) is 10.8. The number of carbonyl (C=O) groups is 2. The van der Waals surface area contributed by atoms with Crippen LogP contribution >= 0.6 is 11.6 Å². The van der Waals surface area contributed by atoms with Crippen LogP contribution in [0.5, 0.6) is 0 Å². The van der Waals surface area contributed by atoms with E-state index in [1.165, 1.54) is 5.56 Å². The first-order chi connectivity index (χ1) is 15.6. The van der Waals surface area contributed by atoms with Crippen LogP contribution in [0.25, 0.3) is 6.08 Å². The van der Waals surface area contributed by atoms with E-state index >= 15 is 0 Å². The third-order valence-electron chi connectivity index (χ3n) is 6.38. The number of rotatable bonds is 5. The van der Waals surface area contributed by atoms with Gasteiger partial charge in [-0.25, -0.2) is 0 Å². The lowest BCUT2D eigenvalue weighted by atomic mass is 9.95. The first-order valence-corrected chi connectivity index (χ1v) is 11.7. The van der Waals surface area contributed by atoms with E-state index in [1.54, 1.807) is 6.08 Å². The Bertz CT molecular complexity index is 929. The van der Waals surface area contributed by atoms with Crippen molar-refractivity contribution >= 4 is 29.5 Å². The fourth-order valence-corrected chi connectivity index (χ4v) is 4.54. The molecular formula is C26H30ClN3O2. The lowest BCUT2D eigenvalue weighted by Crippen LogP contribution is -2.51. The number of piperidine rings is 1. The molecule has 0 spiro atoms. The van der Waals surface area contributed by atoms with Gasteiger partial charge < -0.3 is 9.80 Å². The average Bonchev–Trinajstić information content (AvgIpc) is 2.85. The topological polar surface area (TPSA) is 43.9 Å². The Morgan fingerprint density at radius 2 is 1.50 bits per heavy atom. The summed E-state index contributed by atoms with van der Waals surface area (Å²) < 4.78 is 0. The molecular weight excluding hydrogens is 422 g/mol. The Hall–Kier alpha value is -2.63. The molecule has 5 nitrogen and oxygen atoms in total. The third-order valence-corrected chi connectivity index (χ3v) is 6.63. The molecule has 168 valence electrons. The minimum atomic E-state index is 0.0237. The number of carbonyl (C=O) groups excluding carboxylic acids is 2. The number of amides is 2. The number of nitrogens with zero attached hydrogens (tertiary/aromatic N) is 3. The van der Waals surface area contributed by atoms with E-state index in [9.17, 15) is 9.59 Å². The molecule has 0 atom stereocenters. The second-order valence-corrected chi connectivity index (χ2v) is 9.01. The molecule has 0 aliphatic carbocycles. The summed E-state index contributed by atoms with van der Waals surface area (Å²) in [6.45, 7) is 5.48. The molecule has 32 heavy (non-hydrogen) atoms. The summed E-state index contributed by atoms with van der Waals surface area (Å²) in [7, 11) is 0. The molecule has 2 aliphatic rings. The standard InChI is InChI=1S/C26H30ClN3O2/c27-24-9-6-22(7-10-24)20-28-16-18-30(19-17-28)26(32)23-12-14-29(15-13-23)25(31)11-8-21-4-2-1-3-5-21/h1-11,23H,12-20H2/b11-8-. The van der Waals surface area contributed by atoms with Gasteiger partial charge in [-0.1, -0.05) is 54.1 Å².